The van der Waals surface area contributed by atoms with Gasteiger partial charge in [-0.25, -0.2) is 0 Å². The molecule has 0 aliphatic rings. The molecule has 0 N–H and O–H groups in total. The average molecular weight is 277 g/mol. The summed E-state index contributed by atoms with van der Waals surface area (Å²) in [6.45, 7) is 0. The number of hydrogen-bond donors (Lipinski definition) is 0. The molecule has 0 unspecified atom stereocenters. The molecule has 0 atom stereocenters. The minimum absolute atomic E-state index is 0.334. The Balaban J connectivity index is 2.07. The first-order valence-electron chi connectivity index (χ1n) is 6.40. The molecule has 0 radical (unpaired) electrons. The molecule has 0 fully saturated rings. The van der Waals surface area contributed by atoms with Crippen molar-refractivity contribution in [3.8, 4) is 22.6 Å². The lowest BCUT2D eigenvalue weighted by Crippen LogP contribution is -1.80. The second-order valence-corrected chi connectivity index (χ2v) is 4.52. The smallest absolute Gasteiger partial charge is 0.153 e. The van der Waals surface area contributed by atoms with Crippen molar-refractivity contribution in [3.63, 3.8) is 0 Å². The van der Waals surface area contributed by atoms with Gasteiger partial charge in [-0.05, 0) is 35.5 Å². The second kappa shape index (κ2) is 5.54. The summed E-state index contributed by atoms with van der Waals surface area (Å²) in [5, 5.41) is 2.85. The van der Waals surface area contributed by atoms with E-state index in [0.717, 1.165) is 17.4 Å². The molecule has 0 amide bonds. The van der Waals surface area contributed by atoms with Crippen molar-refractivity contribution in [3.05, 3.63) is 71.1 Å². The number of aldehydes is 1. The fourth-order valence-electron chi connectivity index (χ4n) is 2.14. The van der Waals surface area contributed by atoms with Crippen molar-refractivity contribution in [2.45, 2.75) is 0 Å². The van der Waals surface area contributed by atoms with Crippen molar-refractivity contribution in [1.82, 2.24) is 0 Å². The van der Waals surface area contributed by atoms with E-state index in [9.17, 15) is 9.70 Å². The summed E-state index contributed by atoms with van der Waals surface area (Å²) in [4.78, 5) is 21.7. The van der Waals surface area contributed by atoms with E-state index in [-0.39, 0.29) is 0 Å². The Kier molecular flexibility index (Phi) is 3.43. The van der Waals surface area contributed by atoms with Crippen LogP contribution in [-0.2, 0) is 0 Å². The van der Waals surface area contributed by atoms with Crippen LogP contribution >= 0.6 is 0 Å². The number of nitroso groups, excluding NO2 is 1. The van der Waals surface area contributed by atoms with Gasteiger partial charge in [0.2, 0.25) is 0 Å². The Labute approximate surface area is 121 Å². The van der Waals surface area contributed by atoms with Crippen LogP contribution in [0.3, 0.4) is 0 Å². The van der Waals surface area contributed by atoms with Crippen LogP contribution in [0.25, 0.3) is 22.6 Å². The number of benzene rings is 2. The van der Waals surface area contributed by atoms with Gasteiger partial charge < -0.3 is 4.42 Å². The molecule has 3 aromatic rings. The molecule has 0 saturated heterocycles. The van der Waals surface area contributed by atoms with Gasteiger partial charge in [0.05, 0.1) is 5.56 Å². The Bertz CT molecular complexity index is 774. The summed E-state index contributed by atoms with van der Waals surface area (Å²) >= 11 is 0. The molecule has 0 aliphatic carbocycles. The highest BCUT2D eigenvalue weighted by Crippen LogP contribution is 2.32. The predicted molar refractivity (Wildman–Crippen MR) is 80.4 cm³/mol. The molecule has 0 bridgehead atoms. The Morgan fingerprint density at radius 3 is 2.24 bits per heavy atom. The lowest BCUT2D eigenvalue weighted by Gasteiger charge is -1.99. The normalized spacial score (nSPS) is 10.3. The molecule has 4 heteroatoms. The predicted octanol–water partition coefficient (Wildman–Crippen LogP) is 4.82. The van der Waals surface area contributed by atoms with Crippen LogP contribution in [0.2, 0.25) is 0 Å². The maximum absolute atomic E-state index is 11.2. The maximum Gasteiger partial charge on any atom is 0.153 e. The van der Waals surface area contributed by atoms with Crippen molar-refractivity contribution in [2.24, 2.45) is 5.18 Å². The molecule has 1 heterocycles. The molecular weight excluding hydrogens is 266 g/mol. The second-order valence-electron chi connectivity index (χ2n) is 4.52. The minimum Gasteiger partial charge on any atom is -0.455 e. The highest BCUT2D eigenvalue weighted by Gasteiger charge is 2.13. The fraction of sp³-hybridized carbons (Fsp3) is 0. The van der Waals surface area contributed by atoms with Gasteiger partial charge >= 0.3 is 0 Å². The Hall–Kier alpha value is -3.01. The van der Waals surface area contributed by atoms with Gasteiger partial charge in [0.25, 0.3) is 0 Å². The van der Waals surface area contributed by atoms with Gasteiger partial charge in [-0.1, -0.05) is 30.3 Å². The number of hydrogen-bond acceptors (Lipinski definition) is 4. The molecule has 0 spiro atoms. The Morgan fingerprint density at radius 2 is 1.62 bits per heavy atom. The summed E-state index contributed by atoms with van der Waals surface area (Å²) in [6, 6.07) is 17.8. The van der Waals surface area contributed by atoms with E-state index in [0.29, 0.717) is 22.8 Å². The monoisotopic (exact) mass is 277 g/mol. The molecule has 4 nitrogen and oxygen atoms in total. The van der Waals surface area contributed by atoms with E-state index in [2.05, 4.69) is 5.18 Å². The zero-order valence-corrected chi connectivity index (χ0v) is 11.0. The van der Waals surface area contributed by atoms with Crippen molar-refractivity contribution < 1.29 is 9.21 Å². The fourth-order valence-corrected chi connectivity index (χ4v) is 2.14. The first-order chi connectivity index (χ1) is 10.3. The highest BCUT2D eigenvalue weighted by molar-refractivity contribution is 5.87. The largest absolute Gasteiger partial charge is 0.455 e. The number of carbonyl (C=O) groups excluding carboxylic acids is 1. The van der Waals surface area contributed by atoms with Crippen LogP contribution in [0.1, 0.15) is 10.4 Å². The molecule has 102 valence electrons. The molecule has 1 aromatic heterocycles. The molecule has 2 aromatic carbocycles. The van der Waals surface area contributed by atoms with Crippen LogP contribution in [0.5, 0.6) is 0 Å². The van der Waals surface area contributed by atoms with E-state index in [1.165, 1.54) is 0 Å². The van der Waals surface area contributed by atoms with Gasteiger partial charge in [0, 0.05) is 11.1 Å². The summed E-state index contributed by atoms with van der Waals surface area (Å²) in [7, 11) is 0. The molecular formula is C17H11NO3. The van der Waals surface area contributed by atoms with E-state index < -0.39 is 0 Å². The van der Waals surface area contributed by atoms with Crippen molar-refractivity contribution in [1.29, 1.82) is 0 Å². The molecule has 21 heavy (non-hydrogen) atoms. The SMILES string of the molecule is O=Cc1cc(-c2ccccc2)oc1-c1ccc(N=O)cc1. The summed E-state index contributed by atoms with van der Waals surface area (Å²) < 4.78 is 5.81. The van der Waals surface area contributed by atoms with Gasteiger partial charge in [-0.2, -0.15) is 0 Å². The van der Waals surface area contributed by atoms with Crippen LogP contribution < -0.4 is 0 Å². The molecule has 0 saturated carbocycles. The van der Waals surface area contributed by atoms with Gasteiger partial charge in [0.1, 0.15) is 17.2 Å². The summed E-state index contributed by atoms with van der Waals surface area (Å²) in [6.07, 6.45) is 0.761. The zero-order chi connectivity index (χ0) is 14.7. The van der Waals surface area contributed by atoms with Crippen LogP contribution in [0, 0.1) is 4.91 Å². The summed E-state index contributed by atoms with van der Waals surface area (Å²) in [5.41, 5.74) is 2.44. The van der Waals surface area contributed by atoms with E-state index in [1.807, 2.05) is 30.3 Å². The number of rotatable bonds is 4. The lowest BCUT2D eigenvalue weighted by molar-refractivity contribution is 0.112. The van der Waals surface area contributed by atoms with E-state index in [1.54, 1.807) is 30.3 Å². The van der Waals surface area contributed by atoms with Gasteiger partial charge in [0.15, 0.2) is 6.29 Å². The van der Waals surface area contributed by atoms with Crippen LogP contribution in [-0.4, -0.2) is 6.29 Å². The average Bonchev–Trinajstić information content (AvgIpc) is 3.00. The minimum atomic E-state index is 0.334. The van der Waals surface area contributed by atoms with Crippen LogP contribution in [0.4, 0.5) is 5.69 Å². The number of furan rings is 1. The van der Waals surface area contributed by atoms with Gasteiger partial charge in [-0.15, -0.1) is 4.91 Å². The van der Waals surface area contributed by atoms with E-state index in [4.69, 9.17) is 4.42 Å². The standard InChI is InChI=1S/C17H11NO3/c19-11-14-10-16(12-4-2-1-3-5-12)21-17(14)13-6-8-15(18-20)9-7-13/h1-11H. The zero-order valence-electron chi connectivity index (χ0n) is 11.0. The Morgan fingerprint density at radius 1 is 0.905 bits per heavy atom. The lowest BCUT2D eigenvalue weighted by atomic mass is 10.1. The molecule has 3 rings (SSSR count). The maximum atomic E-state index is 11.2. The van der Waals surface area contributed by atoms with Crippen molar-refractivity contribution in [2.75, 3.05) is 0 Å². The summed E-state index contributed by atoms with van der Waals surface area (Å²) in [5.74, 6) is 1.12. The highest BCUT2D eigenvalue weighted by atomic mass is 16.3. The third-order valence-electron chi connectivity index (χ3n) is 3.18. The van der Waals surface area contributed by atoms with E-state index >= 15 is 0 Å². The van der Waals surface area contributed by atoms with Crippen LogP contribution in [0.15, 0.2) is 70.3 Å². The third kappa shape index (κ3) is 2.51. The molecule has 0 aliphatic heterocycles. The quantitative estimate of drug-likeness (QED) is 0.507. The first-order valence-corrected chi connectivity index (χ1v) is 6.40. The first kappa shape index (κ1) is 13.0. The number of nitrogens with zero attached hydrogens (tertiary/aromatic N) is 1. The topological polar surface area (TPSA) is 59.6 Å². The number of carbonyl (C=O) groups is 1. The third-order valence-corrected chi connectivity index (χ3v) is 3.18. The van der Waals surface area contributed by atoms with Gasteiger partial charge in [-0.3, -0.25) is 4.79 Å². The van der Waals surface area contributed by atoms with Crippen molar-refractivity contribution >= 4 is 12.0 Å².